The lowest BCUT2D eigenvalue weighted by molar-refractivity contribution is -0.141. The molecule has 0 radical (unpaired) electrons. The van der Waals surface area contributed by atoms with Crippen LogP contribution in [0.4, 0.5) is 0 Å². The summed E-state index contributed by atoms with van der Waals surface area (Å²) in [6, 6.07) is 11.4. The Morgan fingerprint density at radius 1 is 1.08 bits per heavy atom. The smallest absolute Gasteiger partial charge is 0.312 e. The number of aryl methyl sites for hydroxylation is 2. The summed E-state index contributed by atoms with van der Waals surface area (Å²) in [5.41, 5.74) is 4.09. The Labute approximate surface area is 141 Å². The number of hydrogen-bond acceptors (Lipinski definition) is 4. The van der Waals surface area contributed by atoms with E-state index in [2.05, 4.69) is 0 Å². The largest absolute Gasteiger partial charge is 0.496 e. The maximum absolute atomic E-state index is 13.0. The van der Waals surface area contributed by atoms with Crippen LogP contribution < -0.4 is 4.74 Å². The zero-order valence-electron chi connectivity index (χ0n) is 14.1. The van der Waals surface area contributed by atoms with Crippen LogP contribution in [-0.4, -0.2) is 26.0 Å². The lowest BCUT2D eigenvalue weighted by atomic mass is 9.92. The van der Waals surface area contributed by atoms with Crippen molar-refractivity contribution in [1.82, 2.24) is 0 Å². The van der Waals surface area contributed by atoms with E-state index in [1.54, 1.807) is 20.1 Å². The quantitative estimate of drug-likeness (QED) is 0.813. The molecule has 0 spiro atoms. The fourth-order valence-electron chi connectivity index (χ4n) is 3.24. The van der Waals surface area contributed by atoms with Crippen molar-refractivity contribution in [1.29, 1.82) is 0 Å². The topological polar surface area (TPSA) is 52.6 Å². The Kier molecular flexibility index (Phi) is 4.38. The van der Waals surface area contributed by atoms with E-state index in [-0.39, 0.29) is 11.8 Å². The van der Waals surface area contributed by atoms with Gasteiger partial charge in [-0.25, -0.2) is 0 Å². The standard InChI is InChI=1S/C20H20O4/c1-12(20(22)24-3)15-10-14-9-8-13-6-4-5-7-16(13)19(21)18(14)17(11-15)23-2/h4-7,10-12H,8-9H2,1-3H3. The number of ether oxygens (including phenoxy) is 2. The van der Waals surface area contributed by atoms with Gasteiger partial charge in [-0.2, -0.15) is 0 Å². The van der Waals surface area contributed by atoms with E-state index in [1.165, 1.54) is 7.11 Å². The summed E-state index contributed by atoms with van der Waals surface area (Å²) >= 11 is 0. The molecule has 0 saturated carbocycles. The van der Waals surface area contributed by atoms with Crippen molar-refractivity contribution >= 4 is 11.8 Å². The van der Waals surface area contributed by atoms with Crippen LogP contribution in [0.25, 0.3) is 0 Å². The van der Waals surface area contributed by atoms with Gasteiger partial charge in [0, 0.05) is 5.56 Å². The van der Waals surface area contributed by atoms with Gasteiger partial charge in [0.05, 0.1) is 25.7 Å². The third-order valence-corrected chi connectivity index (χ3v) is 4.63. The first kappa shape index (κ1) is 16.2. The second-order valence-corrected chi connectivity index (χ2v) is 5.99. The number of carbonyl (C=O) groups is 2. The Morgan fingerprint density at radius 3 is 2.50 bits per heavy atom. The van der Waals surface area contributed by atoms with Crippen LogP contribution in [0.5, 0.6) is 5.75 Å². The molecule has 1 aliphatic rings. The molecule has 0 bridgehead atoms. The second-order valence-electron chi connectivity index (χ2n) is 5.99. The number of methoxy groups -OCH3 is 2. The van der Waals surface area contributed by atoms with E-state index in [1.807, 2.05) is 30.3 Å². The third kappa shape index (κ3) is 2.68. The number of hydrogen-bond donors (Lipinski definition) is 0. The van der Waals surface area contributed by atoms with Crippen molar-refractivity contribution in [2.24, 2.45) is 0 Å². The monoisotopic (exact) mass is 324 g/mol. The average molecular weight is 324 g/mol. The van der Waals surface area contributed by atoms with E-state index in [0.29, 0.717) is 11.3 Å². The van der Waals surface area contributed by atoms with Crippen LogP contribution in [0, 0.1) is 0 Å². The number of rotatable bonds is 3. The summed E-state index contributed by atoms with van der Waals surface area (Å²) < 4.78 is 10.3. The van der Waals surface area contributed by atoms with Crippen LogP contribution >= 0.6 is 0 Å². The maximum Gasteiger partial charge on any atom is 0.312 e. The molecular formula is C20H20O4. The molecule has 0 saturated heterocycles. The van der Waals surface area contributed by atoms with E-state index in [9.17, 15) is 9.59 Å². The molecule has 1 unspecified atom stereocenters. The average Bonchev–Trinajstić information content (AvgIpc) is 2.77. The van der Waals surface area contributed by atoms with Crippen LogP contribution in [0.2, 0.25) is 0 Å². The first-order valence-electron chi connectivity index (χ1n) is 7.98. The zero-order chi connectivity index (χ0) is 17.3. The Hall–Kier alpha value is -2.62. The molecule has 0 heterocycles. The molecular weight excluding hydrogens is 304 g/mol. The summed E-state index contributed by atoms with van der Waals surface area (Å²) in [5, 5.41) is 0. The van der Waals surface area contributed by atoms with Gasteiger partial charge in [0.25, 0.3) is 0 Å². The first-order valence-corrected chi connectivity index (χ1v) is 7.98. The molecule has 4 heteroatoms. The number of benzene rings is 2. The van der Waals surface area contributed by atoms with Crippen molar-refractivity contribution in [3.8, 4) is 5.75 Å². The summed E-state index contributed by atoms with van der Waals surface area (Å²) in [6.45, 7) is 1.79. The van der Waals surface area contributed by atoms with E-state index >= 15 is 0 Å². The molecule has 0 N–H and O–H groups in total. The molecule has 2 aromatic rings. The fourth-order valence-corrected chi connectivity index (χ4v) is 3.24. The van der Waals surface area contributed by atoms with Crippen molar-refractivity contribution < 1.29 is 19.1 Å². The molecule has 0 amide bonds. The summed E-state index contributed by atoms with van der Waals surface area (Å²) in [5.74, 6) is -0.220. The van der Waals surface area contributed by atoms with Gasteiger partial charge in [-0.05, 0) is 42.5 Å². The highest BCUT2D eigenvalue weighted by Crippen LogP contribution is 2.34. The molecule has 3 rings (SSSR count). The minimum atomic E-state index is -0.407. The molecule has 124 valence electrons. The Morgan fingerprint density at radius 2 is 1.79 bits per heavy atom. The SMILES string of the molecule is COC(=O)C(C)c1cc2c(c(OC)c1)C(=O)c1ccccc1CC2. The molecule has 0 fully saturated rings. The number of fused-ring (bicyclic) bond motifs is 2. The summed E-state index contributed by atoms with van der Waals surface area (Å²) in [6.07, 6.45) is 1.52. The van der Waals surface area contributed by atoms with Crippen molar-refractivity contribution in [3.63, 3.8) is 0 Å². The first-order chi connectivity index (χ1) is 11.6. The second kappa shape index (κ2) is 6.48. The predicted molar refractivity (Wildman–Crippen MR) is 90.7 cm³/mol. The van der Waals surface area contributed by atoms with Crippen molar-refractivity contribution in [2.75, 3.05) is 14.2 Å². The zero-order valence-corrected chi connectivity index (χ0v) is 14.1. The minimum Gasteiger partial charge on any atom is -0.496 e. The molecule has 4 nitrogen and oxygen atoms in total. The Bertz CT molecular complexity index is 807. The van der Waals surface area contributed by atoms with Gasteiger partial charge in [0.1, 0.15) is 5.75 Å². The van der Waals surface area contributed by atoms with Gasteiger partial charge in [-0.15, -0.1) is 0 Å². The van der Waals surface area contributed by atoms with Crippen LogP contribution in [-0.2, 0) is 22.4 Å². The van der Waals surface area contributed by atoms with Crippen molar-refractivity contribution in [3.05, 3.63) is 64.2 Å². The Balaban J connectivity index is 2.14. The lowest BCUT2D eigenvalue weighted by Gasteiger charge is -2.16. The van der Waals surface area contributed by atoms with E-state index in [4.69, 9.17) is 9.47 Å². The molecule has 2 aromatic carbocycles. The molecule has 24 heavy (non-hydrogen) atoms. The number of carbonyl (C=O) groups excluding carboxylic acids is 2. The third-order valence-electron chi connectivity index (χ3n) is 4.63. The highest BCUT2D eigenvalue weighted by Gasteiger charge is 2.27. The van der Waals surface area contributed by atoms with Crippen LogP contribution in [0.15, 0.2) is 36.4 Å². The molecule has 1 atom stereocenters. The molecule has 0 aliphatic heterocycles. The highest BCUT2D eigenvalue weighted by atomic mass is 16.5. The van der Waals surface area contributed by atoms with Gasteiger partial charge in [0.15, 0.2) is 5.78 Å². The molecule has 0 aromatic heterocycles. The summed E-state index contributed by atoms with van der Waals surface area (Å²) in [4.78, 5) is 24.9. The maximum atomic E-state index is 13.0. The van der Waals surface area contributed by atoms with Gasteiger partial charge in [-0.3, -0.25) is 9.59 Å². The predicted octanol–water partition coefficient (Wildman–Crippen LogP) is 3.30. The lowest BCUT2D eigenvalue weighted by Crippen LogP contribution is -2.13. The van der Waals surface area contributed by atoms with E-state index in [0.717, 1.165) is 35.1 Å². The van der Waals surface area contributed by atoms with E-state index < -0.39 is 5.92 Å². The van der Waals surface area contributed by atoms with Gasteiger partial charge >= 0.3 is 5.97 Å². The number of ketones is 1. The minimum absolute atomic E-state index is 0.0211. The summed E-state index contributed by atoms with van der Waals surface area (Å²) in [7, 11) is 2.92. The highest BCUT2D eigenvalue weighted by molar-refractivity contribution is 6.13. The van der Waals surface area contributed by atoms with Gasteiger partial charge < -0.3 is 9.47 Å². The van der Waals surface area contributed by atoms with Gasteiger partial charge in [-0.1, -0.05) is 30.3 Å². The molecule has 1 aliphatic carbocycles. The van der Waals surface area contributed by atoms with Crippen LogP contribution in [0.3, 0.4) is 0 Å². The fraction of sp³-hybridized carbons (Fsp3) is 0.300. The van der Waals surface area contributed by atoms with Crippen LogP contribution in [0.1, 0.15) is 45.5 Å². The number of esters is 1. The van der Waals surface area contributed by atoms with Gasteiger partial charge in [0.2, 0.25) is 0 Å². The van der Waals surface area contributed by atoms with Crippen molar-refractivity contribution in [2.45, 2.75) is 25.7 Å². The normalized spacial score (nSPS) is 14.2.